The highest BCUT2D eigenvalue weighted by Gasteiger charge is 2.25. The summed E-state index contributed by atoms with van der Waals surface area (Å²) in [4.78, 5) is 4.36. The monoisotopic (exact) mass is 335 g/mol. The van der Waals surface area contributed by atoms with Gasteiger partial charge in [0, 0.05) is 32.2 Å². The van der Waals surface area contributed by atoms with E-state index in [1.165, 1.54) is 5.56 Å². The molecule has 0 amide bonds. The Morgan fingerprint density at radius 2 is 1.87 bits per heavy atom. The van der Waals surface area contributed by atoms with Crippen LogP contribution in [0, 0.1) is 10.8 Å². The van der Waals surface area contributed by atoms with Crippen molar-refractivity contribution in [2.45, 2.75) is 13.0 Å². The number of nitrogens with one attached hydrogen (secondary N) is 2. The van der Waals surface area contributed by atoms with Crippen LogP contribution < -0.4 is 15.2 Å². The van der Waals surface area contributed by atoms with Crippen LogP contribution in [0.15, 0.2) is 18.2 Å². The van der Waals surface area contributed by atoms with Gasteiger partial charge in [0.05, 0.1) is 0 Å². The molecule has 0 bridgehead atoms. The zero-order valence-corrected chi connectivity index (χ0v) is 13.9. The van der Waals surface area contributed by atoms with Gasteiger partial charge in [-0.1, -0.05) is 6.07 Å². The minimum absolute atomic E-state index is 0.0360. The molecule has 0 aliphatic carbocycles. The number of fused-ring (bicyclic) bond motifs is 1. The molecule has 1 aromatic rings. The second kappa shape index (κ2) is 6.67. The summed E-state index contributed by atoms with van der Waals surface area (Å²) in [7, 11) is 0. The molecule has 4 N–H and O–H groups in total. The Labute approximate surface area is 139 Å². The largest absolute Gasteiger partial charge is 0.454 e. The molecule has 3 rings (SSSR count). The molecule has 8 heteroatoms. The van der Waals surface area contributed by atoms with Crippen LogP contribution in [0.2, 0.25) is 0 Å². The number of ether oxygens (including phenoxy) is 2. The van der Waals surface area contributed by atoms with Gasteiger partial charge in [-0.2, -0.15) is 0 Å². The first kappa shape index (κ1) is 15.9. The van der Waals surface area contributed by atoms with Crippen LogP contribution in [-0.2, 0) is 0 Å². The van der Waals surface area contributed by atoms with Crippen LogP contribution in [0.3, 0.4) is 0 Å². The van der Waals surface area contributed by atoms with Crippen molar-refractivity contribution in [2.24, 2.45) is 5.73 Å². The van der Waals surface area contributed by atoms with Crippen LogP contribution in [0.25, 0.3) is 0 Å². The van der Waals surface area contributed by atoms with E-state index in [4.69, 9.17) is 26.0 Å². The second-order valence-electron chi connectivity index (χ2n) is 5.58. The minimum Gasteiger partial charge on any atom is -0.454 e. The third-order valence-electron chi connectivity index (χ3n) is 4.23. The quantitative estimate of drug-likeness (QED) is 0.561. The molecule has 1 aromatic carbocycles. The number of piperazine rings is 1. The molecule has 0 saturated carbocycles. The van der Waals surface area contributed by atoms with E-state index in [0.29, 0.717) is 12.0 Å². The summed E-state index contributed by atoms with van der Waals surface area (Å²) < 4.78 is 10.8. The highest BCUT2D eigenvalue weighted by atomic mass is 32.2. The molecular formula is C15H21N5O2S. The third-order valence-corrected chi connectivity index (χ3v) is 4.91. The summed E-state index contributed by atoms with van der Waals surface area (Å²) in [6, 6.07) is 6.37. The standard InChI is InChI=1S/C15H21N5O2S/c1-10(11-2-3-12-13(8-11)22-9-21-12)19-4-6-20(7-5-19)15(18)23-14(16)17/h2-3,8,10,18H,4-7,9H2,1H3,(H3,16,17). The molecule has 2 heterocycles. The fraction of sp³-hybridized carbons (Fsp3) is 0.467. The Bertz CT molecular complexity index is 616. The Morgan fingerprint density at radius 3 is 2.57 bits per heavy atom. The van der Waals surface area contributed by atoms with Crippen molar-refractivity contribution in [1.82, 2.24) is 9.80 Å². The molecular weight excluding hydrogens is 314 g/mol. The first-order chi connectivity index (χ1) is 11.0. The topological polar surface area (TPSA) is 98.7 Å². The average molecular weight is 335 g/mol. The Kier molecular flexibility index (Phi) is 4.63. The lowest BCUT2D eigenvalue weighted by Gasteiger charge is -2.38. The maximum atomic E-state index is 7.95. The number of rotatable bonds is 2. The molecule has 7 nitrogen and oxygen atoms in total. The van der Waals surface area contributed by atoms with Gasteiger partial charge in [-0.25, -0.2) is 0 Å². The average Bonchev–Trinajstić information content (AvgIpc) is 3.01. The van der Waals surface area contributed by atoms with Crippen molar-refractivity contribution in [3.05, 3.63) is 23.8 Å². The van der Waals surface area contributed by atoms with Crippen molar-refractivity contribution >= 4 is 22.1 Å². The van der Waals surface area contributed by atoms with Crippen molar-refractivity contribution in [3.8, 4) is 11.5 Å². The zero-order valence-electron chi connectivity index (χ0n) is 13.0. The molecule has 124 valence electrons. The third kappa shape index (κ3) is 3.53. The van der Waals surface area contributed by atoms with Crippen LogP contribution in [0.5, 0.6) is 11.5 Å². The number of benzene rings is 1. The van der Waals surface area contributed by atoms with E-state index in [1.54, 1.807) is 0 Å². The van der Waals surface area contributed by atoms with E-state index in [0.717, 1.165) is 49.4 Å². The summed E-state index contributed by atoms with van der Waals surface area (Å²) in [5, 5.41) is 15.5. The van der Waals surface area contributed by atoms with Crippen LogP contribution in [0.1, 0.15) is 18.5 Å². The summed E-state index contributed by atoms with van der Waals surface area (Å²) >= 11 is 1.00. The fourth-order valence-electron chi connectivity index (χ4n) is 2.86. The highest BCUT2D eigenvalue weighted by Crippen LogP contribution is 2.35. The molecule has 0 spiro atoms. The molecule has 1 saturated heterocycles. The predicted molar refractivity (Wildman–Crippen MR) is 91.4 cm³/mol. The Hall–Kier alpha value is -1.93. The first-order valence-electron chi connectivity index (χ1n) is 7.53. The van der Waals surface area contributed by atoms with E-state index in [-0.39, 0.29) is 11.2 Å². The molecule has 2 aliphatic heterocycles. The van der Waals surface area contributed by atoms with Crippen LogP contribution >= 0.6 is 11.8 Å². The van der Waals surface area contributed by atoms with Crippen LogP contribution in [-0.4, -0.2) is 53.1 Å². The summed E-state index contributed by atoms with van der Waals surface area (Å²) in [6.45, 7) is 5.76. The van der Waals surface area contributed by atoms with E-state index in [2.05, 4.69) is 17.9 Å². The van der Waals surface area contributed by atoms with Gasteiger partial charge in [-0.15, -0.1) is 0 Å². The molecule has 0 radical (unpaired) electrons. The van der Waals surface area contributed by atoms with Gasteiger partial charge < -0.3 is 20.1 Å². The van der Waals surface area contributed by atoms with E-state index >= 15 is 0 Å². The van der Waals surface area contributed by atoms with Gasteiger partial charge in [-0.05, 0) is 36.4 Å². The lowest BCUT2D eigenvalue weighted by molar-refractivity contribution is 0.141. The van der Waals surface area contributed by atoms with Crippen molar-refractivity contribution in [2.75, 3.05) is 33.0 Å². The summed E-state index contributed by atoms with van der Waals surface area (Å²) in [5.41, 5.74) is 6.55. The molecule has 23 heavy (non-hydrogen) atoms. The molecule has 1 unspecified atom stereocenters. The number of nitrogens with zero attached hydrogens (tertiary/aromatic N) is 2. The van der Waals surface area contributed by atoms with E-state index < -0.39 is 0 Å². The van der Waals surface area contributed by atoms with Crippen molar-refractivity contribution in [1.29, 1.82) is 10.8 Å². The predicted octanol–water partition coefficient (Wildman–Crippen LogP) is 1.66. The Morgan fingerprint density at radius 1 is 1.17 bits per heavy atom. The SMILES string of the molecule is CC(c1ccc2c(c1)OCO2)N1CCN(C(=N)SC(=N)N)CC1. The number of thioether (sulfide) groups is 1. The van der Waals surface area contributed by atoms with Gasteiger partial charge in [0.25, 0.3) is 0 Å². The van der Waals surface area contributed by atoms with E-state index in [1.807, 2.05) is 17.0 Å². The van der Waals surface area contributed by atoms with Crippen molar-refractivity contribution in [3.63, 3.8) is 0 Å². The van der Waals surface area contributed by atoms with Gasteiger partial charge in [0.1, 0.15) is 0 Å². The maximum Gasteiger partial charge on any atom is 0.231 e. The molecule has 2 aliphatic rings. The fourth-order valence-corrected chi connectivity index (χ4v) is 3.38. The number of nitrogens with two attached hydrogens (primary N) is 1. The Balaban J connectivity index is 1.59. The number of amidine groups is 2. The number of hydrogen-bond acceptors (Lipinski definition) is 6. The number of hydrogen-bond donors (Lipinski definition) is 3. The van der Waals surface area contributed by atoms with E-state index in [9.17, 15) is 0 Å². The smallest absolute Gasteiger partial charge is 0.231 e. The maximum absolute atomic E-state index is 7.95. The molecule has 1 atom stereocenters. The van der Waals surface area contributed by atoms with Gasteiger partial charge in [-0.3, -0.25) is 15.7 Å². The zero-order chi connectivity index (χ0) is 16.4. The molecule has 0 aromatic heterocycles. The normalized spacial score (nSPS) is 18.7. The lowest BCUT2D eigenvalue weighted by Crippen LogP contribution is -2.48. The van der Waals surface area contributed by atoms with Gasteiger partial charge in [0.2, 0.25) is 6.79 Å². The van der Waals surface area contributed by atoms with Crippen LogP contribution in [0.4, 0.5) is 0 Å². The minimum atomic E-state index is -0.0360. The highest BCUT2D eigenvalue weighted by molar-refractivity contribution is 8.26. The summed E-state index contributed by atoms with van der Waals surface area (Å²) in [5.74, 6) is 1.62. The van der Waals surface area contributed by atoms with Gasteiger partial charge >= 0.3 is 0 Å². The lowest BCUT2D eigenvalue weighted by atomic mass is 10.1. The van der Waals surface area contributed by atoms with Gasteiger partial charge in [0.15, 0.2) is 21.8 Å². The second-order valence-corrected chi connectivity index (χ2v) is 6.61. The van der Waals surface area contributed by atoms with Crippen molar-refractivity contribution < 1.29 is 9.47 Å². The first-order valence-corrected chi connectivity index (χ1v) is 8.35. The summed E-state index contributed by atoms with van der Waals surface area (Å²) in [6.07, 6.45) is 0. The molecule has 1 fully saturated rings.